The molecule has 26 heavy (non-hydrogen) atoms. The molecule has 8 heteroatoms. The molecule has 3 N–H and O–H groups in total. The molecule has 1 amide bonds. The fraction of sp³-hybridized carbons (Fsp3) is 0.278. The molecule has 0 radical (unpaired) electrons. The Labute approximate surface area is 161 Å². The van der Waals surface area contributed by atoms with Crippen molar-refractivity contribution < 1.29 is 4.79 Å². The molecule has 3 rings (SSSR count). The third-order valence-corrected chi connectivity index (χ3v) is 5.65. The average Bonchev–Trinajstić information content (AvgIpc) is 2.87. The zero-order valence-electron chi connectivity index (χ0n) is 14.8. The fourth-order valence-electron chi connectivity index (χ4n) is 2.66. The van der Waals surface area contributed by atoms with Crippen LogP contribution in [0.2, 0.25) is 5.02 Å². The summed E-state index contributed by atoms with van der Waals surface area (Å²) < 4.78 is 1.72. The maximum Gasteiger partial charge on any atom is 0.238 e. The molecule has 3 aromatic rings. The molecular formula is C18H20ClN5OS. The number of thioether (sulfide) groups is 1. The average molecular weight is 390 g/mol. The van der Waals surface area contributed by atoms with E-state index in [1.54, 1.807) is 10.9 Å². The Morgan fingerprint density at radius 2 is 2.19 bits per heavy atom. The second-order valence-corrected chi connectivity index (χ2v) is 7.78. The highest BCUT2D eigenvalue weighted by Crippen LogP contribution is 2.31. The van der Waals surface area contributed by atoms with E-state index in [0.29, 0.717) is 17.4 Å². The summed E-state index contributed by atoms with van der Waals surface area (Å²) in [5.41, 5.74) is 8.39. The molecule has 0 aliphatic carbocycles. The van der Waals surface area contributed by atoms with Gasteiger partial charge in [0, 0.05) is 46.4 Å². The van der Waals surface area contributed by atoms with Crippen molar-refractivity contribution in [3.63, 3.8) is 0 Å². The zero-order valence-corrected chi connectivity index (χ0v) is 16.4. The summed E-state index contributed by atoms with van der Waals surface area (Å²) in [5, 5.41) is 8.52. The number of carbonyl (C=O) groups excluding carboxylic acids is 1. The fourth-order valence-corrected chi connectivity index (χ4v) is 3.81. The quantitative estimate of drug-likeness (QED) is 0.652. The van der Waals surface area contributed by atoms with Gasteiger partial charge in [0.15, 0.2) is 5.82 Å². The van der Waals surface area contributed by atoms with Gasteiger partial charge in [0.2, 0.25) is 5.91 Å². The lowest BCUT2D eigenvalue weighted by Gasteiger charge is -2.13. The predicted octanol–water partition coefficient (Wildman–Crippen LogP) is 3.51. The Kier molecular flexibility index (Phi) is 5.50. The largest absolute Gasteiger partial charge is 0.326 e. The summed E-state index contributed by atoms with van der Waals surface area (Å²) in [5.74, 6) is 0.401. The third-order valence-electron chi connectivity index (χ3n) is 4.24. The van der Waals surface area contributed by atoms with Gasteiger partial charge in [0.05, 0.1) is 10.8 Å². The van der Waals surface area contributed by atoms with Gasteiger partial charge in [0.1, 0.15) is 0 Å². The van der Waals surface area contributed by atoms with Crippen LogP contribution in [0.4, 0.5) is 5.82 Å². The van der Waals surface area contributed by atoms with E-state index in [4.69, 9.17) is 17.3 Å². The summed E-state index contributed by atoms with van der Waals surface area (Å²) in [6.07, 6.45) is 1.72. The van der Waals surface area contributed by atoms with Crippen LogP contribution in [0, 0.1) is 6.92 Å². The minimum atomic E-state index is -0.316. The number of rotatable bonds is 5. The van der Waals surface area contributed by atoms with Crippen molar-refractivity contribution in [2.45, 2.75) is 30.5 Å². The molecule has 2 aromatic heterocycles. The minimum Gasteiger partial charge on any atom is -0.326 e. The standard InChI is InChI=1S/C18H20ClN5OS/c1-10-14(9-20)17(23-24(10)3)22-18(25)11(2)26-16-6-7-21-15-8-12(19)4-5-13(15)16/h4-8,11H,9,20H2,1-3H3,(H,22,23,25). The molecule has 1 aromatic carbocycles. The van der Waals surface area contributed by atoms with Crippen molar-refractivity contribution in [1.29, 1.82) is 0 Å². The summed E-state index contributed by atoms with van der Waals surface area (Å²) >= 11 is 7.50. The maximum atomic E-state index is 12.6. The molecule has 136 valence electrons. The van der Waals surface area contributed by atoms with Gasteiger partial charge >= 0.3 is 0 Å². The van der Waals surface area contributed by atoms with Crippen LogP contribution in [-0.2, 0) is 18.4 Å². The first kappa shape index (κ1) is 18.7. The zero-order chi connectivity index (χ0) is 18.8. The van der Waals surface area contributed by atoms with Crippen molar-refractivity contribution in [2.24, 2.45) is 12.8 Å². The van der Waals surface area contributed by atoms with E-state index in [0.717, 1.165) is 27.1 Å². The number of nitrogens with two attached hydrogens (primary N) is 1. The number of hydrogen-bond donors (Lipinski definition) is 2. The van der Waals surface area contributed by atoms with Crippen molar-refractivity contribution in [3.05, 3.63) is 46.7 Å². The Balaban J connectivity index is 1.79. The number of carbonyl (C=O) groups is 1. The van der Waals surface area contributed by atoms with Gasteiger partial charge in [0.25, 0.3) is 0 Å². The molecule has 0 saturated carbocycles. The van der Waals surface area contributed by atoms with Gasteiger partial charge in [-0.1, -0.05) is 17.7 Å². The van der Waals surface area contributed by atoms with Gasteiger partial charge < -0.3 is 11.1 Å². The first-order chi connectivity index (χ1) is 12.4. The SMILES string of the molecule is Cc1c(CN)c(NC(=O)C(C)Sc2ccnc3cc(Cl)ccc23)nn1C. The topological polar surface area (TPSA) is 85.8 Å². The normalized spacial score (nSPS) is 12.3. The van der Waals surface area contributed by atoms with Crippen LogP contribution < -0.4 is 11.1 Å². The van der Waals surface area contributed by atoms with Crippen LogP contribution in [0.5, 0.6) is 0 Å². The molecular weight excluding hydrogens is 370 g/mol. The van der Waals surface area contributed by atoms with Crippen LogP contribution in [0.3, 0.4) is 0 Å². The molecule has 2 heterocycles. The number of hydrogen-bond acceptors (Lipinski definition) is 5. The first-order valence-corrected chi connectivity index (χ1v) is 9.40. The second-order valence-electron chi connectivity index (χ2n) is 5.96. The van der Waals surface area contributed by atoms with Crippen LogP contribution in [0.15, 0.2) is 35.4 Å². The predicted molar refractivity (Wildman–Crippen MR) is 107 cm³/mol. The van der Waals surface area contributed by atoms with Gasteiger partial charge in [-0.05, 0) is 32.0 Å². The van der Waals surface area contributed by atoms with Crippen molar-refractivity contribution in [1.82, 2.24) is 14.8 Å². The monoisotopic (exact) mass is 389 g/mol. The highest BCUT2D eigenvalue weighted by Gasteiger charge is 2.20. The molecule has 0 fully saturated rings. The number of amides is 1. The molecule has 1 unspecified atom stereocenters. The van der Waals surface area contributed by atoms with E-state index in [-0.39, 0.29) is 11.2 Å². The molecule has 1 atom stereocenters. The number of benzene rings is 1. The molecule has 0 bridgehead atoms. The number of halogens is 1. The smallest absolute Gasteiger partial charge is 0.238 e. The number of pyridine rings is 1. The third kappa shape index (κ3) is 3.70. The van der Waals surface area contributed by atoms with E-state index in [9.17, 15) is 4.79 Å². The Bertz CT molecular complexity index is 972. The summed E-state index contributed by atoms with van der Waals surface area (Å²) in [7, 11) is 1.83. The molecule has 6 nitrogen and oxygen atoms in total. The summed E-state index contributed by atoms with van der Waals surface area (Å²) in [4.78, 5) is 17.9. The summed E-state index contributed by atoms with van der Waals surface area (Å²) in [6.45, 7) is 4.12. The lowest BCUT2D eigenvalue weighted by atomic mass is 10.2. The van der Waals surface area contributed by atoms with E-state index in [2.05, 4.69) is 15.4 Å². The second kappa shape index (κ2) is 7.65. The van der Waals surface area contributed by atoms with Gasteiger partial charge in [-0.15, -0.1) is 11.8 Å². The van der Waals surface area contributed by atoms with E-state index >= 15 is 0 Å². The van der Waals surface area contributed by atoms with Crippen LogP contribution >= 0.6 is 23.4 Å². The highest BCUT2D eigenvalue weighted by atomic mass is 35.5. The minimum absolute atomic E-state index is 0.123. The molecule has 0 aliphatic heterocycles. The van der Waals surface area contributed by atoms with Crippen molar-refractivity contribution in [3.8, 4) is 0 Å². The Hall–Kier alpha value is -2.09. The Morgan fingerprint density at radius 3 is 2.92 bits per heavy atom. The molecule has 0 saturated heterocycles. The van der Waals surface area contributed by atoms with Gasteiger partial charge in [-0.2, -0.15) is 5.10 Å². The van der Waals surface area contributed by atoms with Crippen LogP contribution in [0.1, 0.15) is 18.2 Å². The number of nitrogens with one attached hydrogen (secondary N) is 1. The Morgan fingerprint density at radius 1 is 1.42 bits per heavy atom. The number of anilines is 1. The number of aromatic nitrogens is 3. The number of fused-ring (bicyclic) bond motifs is 1. The van der Waals surface area contributed by atoms with E-state index in [1.165, 1.54) is 11.8 Å². The molecule has 0 spiro atoms. The number of nitrogens with zero attached hydrogens (tertiary/aromatic N) is 3. The number of aryl methyl sites for hydroxylation is 1. The summed E-state index contributed by atoms with van der Waals surface area (Å²) in [6, 6.07) is 7.47. The van der Waals surface area contributed by atoms with Gasteiger partial charge in [-0.3, -0.25) is 14.5 Å². The maximum absolute atomic E-state index is 12.6. The van der Waals surface area contributed by atoms with E-state index < -0.39 is 0 Å². The lowest BCUT2D eigenvalue weighted by Crippen LogP contribution is -2.23. The van der Waals surface area contributed by atoms with Crippen LogP contribution in [-0.4, -0.2) is 25.9 Å². The van der Waals surface area contributed by atoms with Crippen molar-refractivity contribution in [2.75, 3.05) is 5.32 Å². The van der Waals surface area contributed by atoms with Crippen molar-refractivity contribution >= 4 is 46.0 Å². The van der Waals surface area contributed by atoms with Gasteiger partial charge in [-0.25, -0.2) is 0 Å². The first-order valence-electron chi connectivity index (χ1n) is 8.15. The highest BCUT2D eigenvalue weighted by molar-refractivity contribution is 8.00. The lowest BCUT2D eigenvalue weighted by molar-refractivity contribution is -0.115. The van der Waals surface area contributed by atoms with Crippen LogP contribution in [0.25, 0.3) is 10.9 Å². The molecule has 0 aliphatic rings. The van der Waals surface area contributed by atoms with E-state index in [1.807, 2.05) is 45.2 Å².